The van der Waals surface area contributed by atoms with Crippen molar-refractivity contribution in [3.8, 4) is 11.1 Å². The topological polar surface area (TPSA) is 62.5 Å². The maximum absolute atomic E-state index is 13.1. The lowest BCUT2D eigenvalue weighted by Gasteiger charge is -2.20. The van der Waals surface area contributed by atoms with E-state index in [9.17, 15) is 14.7 Å². The molecule has 0 unspecified atom stereocenters. The summed E-state index contributed by atoms with van der Waals surface area (Å²) in [5.41, 5.74) is 1.26. The summed E-state index contributed by atoms with van der Waals surface area (Å²) in [6.45, 7) is 3.09. The molecular weight excluding hydrogens is 340 g/mol. The molecule has 2 heterocycles. The molecule has 0 atom stereocenters. The number of carbonyl (C=O) groups is 1. The number of carboxylic acid groups (broad SMARTS) is 1. The van der Waals surface area contributed by atoms with Gasteiger partial charge in [0.15, 0.2) is 0 Å². The van der Waals surface area contributed by atoms with E-state index in [0.29, 0.717) is 29.4 Å². The lowest BCUT2D eigenvalue weighted by Crippen LogP contribution is -2.33. The predicted molar refractivity (Wildman–Crippen MR) is 106 cm³/mol. The van der Waals surface area contributed by atoms with Gasteiger partial charge in [-0.1, -0.05) is 48.5 Å². The van der Waals surface area contributed by atoms with Crippen LogP contribution in [0, 0.1) is 0 Å². The highest BCUT2D eigenvalue weighted by molar-refractivity contribution is 6.06. The molecule has 1 aromatic heterocycles. The minimum absolute atomic E-state index is 0.0732. The normalized spacial score (nSPS) is 14.7. The standard InChI is InChI=1S/C22H22N2O3/c25-21-18-11-5-4-10-17(18)19(16-8-2-1-3-9-16)20(22(26)27)24(21)15-14-23-12-6-7-13-23/h1-5,8-11H,6-7,12-15H2,(H,26,27). The Labute approximate surface area is 157 Å². The van der Waals surface area contributed by atoms with Crippen molar-refractivity contribution in [3.05, 3.63) is 70.6 Å². The molecule has 1 aliphatic heterocycles. The van der Waals surface area contributed by atoms with Gasteiger partial charge in [0.25, 0.3) is 5.56 Å². The van der Waals surface area contributed by atoms with Crippen molar-refractivity contribution in [1.29, 1.82) is 0 Å². The first-order valence-corrected chi connectivity index (χ1v) is 9.33. The molecule has 0 bridgehead atoms. The predicted octanol–water partition coefficient (Wildman–Crippen LogP) is 3.46. The first-order valence-electron chi connectivity index (χ1n) is 9.33. The van der Waals surface area contributed by atoms with E-state index >= 15 is 0 Å². The smallest absolute Gasteiger partial charge is 0.353 e. The summed E-state index contributed by atoms with van der Waals surface area (Å²) in [6, 6.07) is 16.7. The first kappa shape index (κ1) is 17.5. The van der Waals surface area contributed by atoms with Crippen molar-refractivity contribution >= 4 is 16.7 Å². The first-order chi connectivity index (χ1) is 13.2. The number of hydrogen-bond donors (Lipinski definition) is 1. The Balaban J connectivity index is 1.95. The highest BCUT2D eigenvalue weighted by Gasteiger charge is 2.23. The van der Waals surface area contributed by atoms with E-state index < -0.39 is 5.97 Å². The molecule has 0 saturated carbocycles. The van der Waals surface area contributed by atoms with Crippen LogP contribution < -0.4 is 5.56 Å². The van der Waals surface area contributed by atoms with Crippen LogP contribution in [0.1, 0.15) is 23.3 Å². The van der Waals surface area contributed by atoms with Crippen LogP contribution >= 0.6 is 0 Å². The number of rotatable bonds is 5. The van der Waals surface area contributed by atoms with Crippen LogP contribution in [0.25, 0.3) is 21.9 Å². The molecule has 1 N–H and O–H groups in total. The summed E-state index contributed by atoms with van der Waals surface area (Å²) >= 11 is 0. The van der Waals surface area contributed by atoms with E-state index in [2.05, 4.69) is 4.90 Å². The number of likely N-dealkylation sites (tertiary alicyclic amines) is 1. The van der Waals surface area contributed by atoms with Crippen molar-refractivity contribution in [2.24, 2.45) is 0 Å². The van der Waals surface area contributed by atoms with Gasteiger partial charge in [0.1, 0.15) is 5.69 Å². The average molecular weight is 362 g/mol. The molecule has 1 aliphatic rings. The van der Waals surface area contributed by atoms with Crippen LogP contribution in [0.15, 0.2) is 59.4 Å². The fourth-order valence-electron chi connectivity index (χ4n) is 3.98. The molecule has 138 valence electrons. The third-order valence-corrected chi connectivity index (χ3v) is 5.28. The number of nitrogens with zero attached hydrogens (tertiary/aromatic N) is 2. The van der Waals surface area contributed by atoms with Crippen molar-refractivity contribution in [3.63, 3.8) is 0 Å². The minimum Gasteiger partial charge on any atom is -0.477 e. The van der Waals surface area contributed by atoms with Gasteiger partial charge in [-0.15, -0.1) is 0 Å². The maximum Gasteiger partial charge on any atom is 0.353 e. The Morgan fingerprint density at radius 2 is 1.52 bits per heavy atom. The van der Waals surface area contributed by atoms with E-state index in [0.717, 1.165) is 31.5 Å². The molecule has 0 aliphatic carbocycles. The highest BCUT2D eigenvalue weighted by atomic mass is 16.4. The van der Waals surface area contributed by atoms with Gasteiger partial charge in [-0.2, -0.15) is 0 Å². The Morgan fingerprint density at radius 3 is 2.19 bits per heavy atom. The van der Waals surface area contributed by atoms with Gasteiger partial charge in [-0.05, 0) is 42.9 Å². The second-order valence-corrected chi connectivity index (χ2v) is 6.95. The summed E-state index contributed by atoms with van der Waals surface area (Å²) in [4.78, 5) is 27.6. The Kier molecular flexibility index (Phi) is 4.77. The molecule has 5 heteroatoms. The zero-order valence-corrected chi connectivity index (χ0v) is 15.1. The van der Waals surface area contributed by atoms with E-state index in [4.69, 9.17) is 0 Å². The molecule has 27 heavy (non-hydrogen) atoms. The summed E-state index contributed by atoms with van der Waals surface area (Å²) in [7, 11) is 0. The van der Waals surface area contributed by atoms with Gasteiger partial charge in [-0.25, -0.2) is 4.79 Å². The van der Waals surface area contributed by atoms with Gasteiger partial charge in [-0.3, -0.25) is 4.79 Å². The highest BCUT2D eigenvalue weighted by Crippen LogP contribution is 2.30. The van der Waals surface area contributed by atoms with Crippen LogP contribution in [0.2, 0.25) is 0 Å². The summed E-state index contributed by atoms with van der Waals surface area (Å²) in [6.07, 6.45) is 2.32. The Hall–Kier alpha value is -2.92. The Morgan fingerprint density at radius 1 is 0.889 bits per heavy atom. The number of carboxylic acids is 1. The van der Waals surface area contributed by atoms with Crippen LogP contribution in [0.4, 0.5) is 0 Å². The zero-order chi connectivity index (χ0) is 18.8. The number of pyridine rings is 1. The zero-order valence-electron chi connectivity index (χ0n) is 15.1. The summed E-state index contributed by atoms with van der Waals surface area (Å²) < 4.78 is 1.45. The van der Waals surface area contributed by atoms with Gasteiger partial charge >= 0.3 is 5.97 Å². The quantitative estimate of drug-likeness (QED) is 0.755. The summed E-state index contributed by atoms with van der Waals surface area (Å²) in [5.74, 6) is -1.07. The van der Waals surface area contributed by atoms with Crippen molar-refractivity contribution in [2.75, 3.05) is 19.6 Å². The second-order valence-electron chi connectivity index (χ2n) is 6.95. The molecule has 2 aromatic carbocycles. The molecule has 0 spiro atoms. The number of fused-ring (bicyclic) bond motifs is 1. The van der Waals surface area contributed by atoms with Gasteiger partial charge in [0, 0.05) is 24.0 Å². The molecule has 1 fully saturated rings. The van der Waals surface area contributed by atoms with E-state index in [-0.39, 0.29) is 11.3 Å². The fourth-order valence-corrected chi connectivity index (χ4v) is 3.98. The van der Waals surface area contributed by atoms with E-state index in [1.54, 1.807) is 6.07 Å². The largest absolute Gasteiger partial charge is 0.477 e. The number of benzene rings is 2. The van der Waals surface area contributed by atoms with Crippen molar-refractivity contribution < 1.29 is 9.90 Å². The van der Waals surface area contributed by atoms with Gasteiger partial charge < -0.3 is 14.6 Å². The average Bonchev–Trinajstić information content (AvgIpc) is 3.21. The lowest BCUT2D eigenvalue weighted by atomic mass is 9.96. The van der Waals surface area contributed by atoms with Crippen molar-refractivity contribution in [2.45, 2.75) is 19.4 Å². The number of aromatic nitrogens is 1. The van der Waals surface area contributed by atoms with Crippen LogP contribution in [-0.4, -0.2) is 40.2 Å². The number of aromatic carboxylic acids is 1. The van der Waals surface area contributed by atoms with Crippen LogP contribution in [0.5, 0.6) is 0 Å². The Bertz CT molecular complexity index is 1030. The van der Waals surface area contributed by atoms with Crippen LogP contribution in [0.3, 0.4) is 0 Å². The molecular formula is C22H22N2O3. The molecule has 1 saturated heterocycles. The molecule has 0 radical (unpaired) electrons. The molecule has 3 aromatic rings. The van der Waals surface area contributed by atoms with E-state index in [1.165, 1.54) is 4.57 Å². The minimum atomic E-state index is -1.07. The second kappa shape index (κ2) is 7.37. The van der Waals surface area contributed by atoms with Gasteiger partial charge in [0.2, 0.25) is 0 Å². The van der Waals surface area contributed by atoms with Crippen LogP contribution in [-0.2, 0) is 6.54 Å². The van der Waals surface area contributed by atoms with Gasteiger partial charge in [0.05, 0.1) is 0 Å². The molecule has 4 rings (SSSR count). The van der Waals surface area contributed by atoms with Crippen molar-refractivity contribution in [1.82, 2.24) is 9.47 Å². The fraction of sp³-hybridized carbons (Fsp3) is 0.273. The monoisotopic (exact) mass is 362 g/mol. The molecule has 0 amide bonds. The third-order valence-electron chi connectivity index (χ3n) is 5.28. The lowest BCUT2D eigenvalue weighted by molar-refractivity contribution is 0.0684. The summed E-state index contributed by atoms with van der Waals surface area (Å²) in [5, 5.41) is 11.3. The maximum atomic E-state index is 13.1. The van der Waals surface area contributed by atoms with E-state index in [1.807, 2.05) is 48.5 Å². The molecule has 5 nitrogen and oxygen atoms in total. The SMILES string of the molecule is O=C(O)c1c(-c2ccccc2)c2ccccc2c(=O)n1CCN1CCCC1. The number of hydrogen-bond acceptors (Lipinski definition) is 3. The third kappa shape index (κ3) is 3.26.